The fourth-order valence-corrected chi connectivity index (χ4v) is 0.338. The molecule has 0 radical (unpaired) electrons. The molecule has 0 aromatic carbocycles. The second kappa shape index (κ2) is 5.16. The van der Waals surface area contributed by atoms with Gasteiger partial charge in [0.2, 0.25) is 0 Å². The third-order valence-corrected chi connectivity index (χ3v) is 0.900. The van der Waals surface area contributed by atoms with E-state index in [2.05, 4.69) is 6.58 Å². The number of hydrogen-bond donors (Lipinski definition) is 0. The summed E-state index contributed by atoms with van der Waals surface area (Å²) in [7, 11) is 1.65. The van der Waals surface area contributed by atoms with Crippen molar-refractivity contribution in [1.29, 1.82) is 0 Å². The van der Waals surface area contributed by atoms with E-state index in [1.165, 1.54) is 0 Å². The van der Waals surface area contributed by atoms with Crippen molar-refractivity contribution in [3.05, 3.63) is 36.6 Å². The minimum Gasteiger partial charge on any atom is -0.501 e. The molecule has 0 aromatic heterocycles. The Hall–Kier alpha value is -0.980. The van der Waals surface area contributed by atoms with Crippen molar-refractivity contribution in [2.24, 2.45) is 0 Å². The largest absolute Gasteiger partial charge is 0.501 e. The van der Waals surface area contributed by atoms with Gasteiger partial charge in [-0.25, -0.2) is 0 Å². The molecule has 0 aliphatic heterocycles. The van der Waals surface area contributed by atoms with Crippen LogP contribution < -0.4 is 0 Å². The lowest BCUT2D eigenvalue weighted by molar-refractivity contribution is 0.294. The highest BCUT2D eigenvalue weighted by molar-refractivity contribution is 5.10. The third-order valence-electron chi connectivity index (χ3n) is 0.900. The Balaban J connectivity index is 3.67. The fourth-order valence-electron chi connectivity index (χ4n) is 0.338. The van der Waals surface area contributed by atoms with Gasteiger partial charge in [-0.05, 0) is 13.0 Å². The first kappa shape index (κ1) is 8.02. The van der Waals surface area contributed by atoms with E-state index in [0.717, 1.165) is 5.76 Å². The van der Waals surface area contributed by atoms with Crippen molar-refractivity contribution in [2.45, 2.75) is 6.92 Å². The number of methoxy groups -OCH3 is 1. The van der Waals surface area contributed by atoms with Crippen LogP contribution in [0.5, 0.6) is 0 Å². The second-order valence-electron chi connectivity index (χ2n) is 1.60. The molecule has 0 heterocycles. The summed E-state index contributed by atoms with van der Waals surface area (Å²) < 4.78 is 4.87. The van der Waals surface area contributed by atoms with Crippen LogP contribution in [0.2, 0.25) is 0 Å². The molecular formula is C8H12O. The maximum absolute atomic E-state index is 4.87. The summed E-state index contributed by atoms with van der Waals surface area (Å²) >= 11 is 0. The maximum atomic E-state index is 4.87. The highest BCUT2D eigenvalue weighted by Crippen LogP contribution is 1.91. The predicted molar refractivity (Wildman–Crippen MR) is 40.1 cm³/mol. The van der Waals surface area contributed by atoms with Crippen LogP contribution in [0.1, 0.15) is 6.92 Å². The summed E-state index contributed by atoms with van der Waals surface area (Å²) in [5.41, 5.74) is 0. The summed E-state index contributed by atoms with van der Waals surface area (Å²) in [5.74, 6) is 0.896. The lowest BCUT2D eigenvalue weighted by Crippen LogP contribution is -1.75. The number of hydrogen-bond acceptors (Lipinski definition) is 1. The molecule has 0 aliphatic rings. The van der Waals surface area contributed by atoms with Crippen LogP contribution in [-0.2, 0) is 4.74 Å². The van der Waals surface area contributed by atoms with E-state index in [9.17, 15) is 0 Å². The van der Waals surface area contributed by atoms with Crippen molar-refractivity contribution in [1.82, 2.24) is 0 Å². The molecule has 0 atom stereocenters. The second-order valence-corrected chi connectivity index (χ2v) is 1.60. The monoisotopic (exact) mass is 124 g/mol. The lowest BCUT2D eigenvalue weighted by Gasteiger charge is -1.92. The molecule has 0 N–H and O–H groups in total. The number of allylic oxidation sites excluding steroid dienone is 5. The molecule has 0 amide bonds. The highest BCUT2D eigenvalue weighted by atomic mass is 16.5. The van der Waals surface area contributed by atoms with Gasteiger partial charge in [0.15, 0.2) is 0 Å². The molecular weight excluding hydrogens is 112 g/mol. The van der Waals surface area contributed by atoms with E-state index in [0.29, 0.717) is 0 Å². The quantitative estimate of drug-likeness (QED) is 0.414. The minimum absolute atomic E-state index is 0.896. The summed E-state index contributed by atoms with van der Waals surface area (Å²) in [6, 6.07) is 0. The molecule has 0 rings (SSSR count). The first-order chi connectivity index (χ1) is 4.31. The summed E-state index contributed by atoms with van der Waals surface area (Å²) in [4.78, 5) is 0. The standard InChI is InChI=1S/C8H12O/c1-4-5-6-7-8(2)9-3/h4-7H,1H2,2-3H3/b6-5-,8-7+. The van der Waals surface area contributed by atoms with Gasteiger partial charge < -0.3 is 4.74 Å². The van der Waals surface area contributed by atoms with Crippen molar-refractivity contribution < 1.29 is 4.74 Å². The van der Waals surface area contributed by atoms with E-state index >= 15 is 0 Å². The van der Waals surface area contributed by atoms with Gasteiger partial charge in [-0.2, -0.15) is 0 Å². The van der Waals surface area contributed by atoms with Gasteiger partial charge >= 0.3 is 0 Å². The maximum Gasteiger partial charge on any atom is 0.0924 e. The van der Waals surface area contributed by atoms with Crippen LogP contribution in [0.15, 0.2) is 36.6 Å². The Bertz CT molecular complexity index is 132. The van der Waals surface area contributed by atoms with Crippen LogP contribution in [-0.4, -0.2) is 7.11 Å². The van der Waals surface area contributed by atoms with Crippen LogP contribution in [0.4, 0.5) is 0 Å². The molecule has 1 nitrogen and oxygen atoms in total. The van der Waals surface area contributed by atoms with E-state index < -0.39 is 0 Å². The zero-order valence-corrected chi connectivity index (χ0v) is 5.92. The van der Waals surface area contributed by atoms with Gasteiger partial charge in [0, 0.05) is 0 Å². The lowest BCUT2D eigenvalue weighted by atomic mass is 10.4. The average Bonchev–Trinajstić information content (AvgIpc) is 1.89. The molecule has 0 saturated heterocycles. The third kappa shape index (κ3) is 4.88. The normalized spacial score (nSPS) is 12.0. The van der Waals surface area contributed by atoms with Gasteiger partial charge in [0.1, 0.15) is 0 Å². The molecule has 0 saturated carbocycles. The first-order valence-corrected chi connectivity index (χ1v) is 2.81. The predicted octanol–water partition coefficient (Wildman–Crippen LogP) is 2.28. The van der Waals surface area contributed by atoms with Gasteiger partial charge in [-0.1, -0.05) is 24.8 Å². The number of rotatable bonds is 3. The molecule has 0 fully saturated rings. The van der Waals surface area contributed by atoms with E-state index in [1.54, 1.807) is 13.2 Å². The zero-order chi connectivity index (χ0) is 7.11. The molecule has 0 aliphatic carbocycles. The molecule has 0 unspecified atom stereocenters. The Morgan fingerprint density at radius 1 is 1.44 bits per heavy atom. The molecule has 0 bridgehead atoms. The molecule has 0 spiro atoms. The molecule has 1 heteroatoms. The summed E-state index contributed by atoms with van der Waals surface area (Å²) in [6.07, 6.45) is 7.33. The van der Waals surface area contributed by atoms with E-state index in [-0.39, 0.29) is 0 Å². The Labute approximate surface area is 56.3 Å². The van der Waals surface area contributed by atoms with Crippen molar-refractivity contribution in [3.8, 4) is 0 Å². The van der Waals surface area contributed by atoms with Crippen molar-refractivity contribution >= 4 is 0 Å². The van der Waals surface area contributed by atoms with Crippen LogP contribution in [0.3, 0.4) is 0 Å². The summed E-state index contributed by atoms with van der Waals surface area (Å²) in [6.45, 7) is 5.42. The topological polar surface area (TPSA) is 9.23 Å². The van der Waals surface area contributed by atoms with Gasteiger partial charge in [-0.3, -0.25) is 0 Å². The van der Waals surface area contributed by atoms with Crippen molar-refractivity contribution in [3.63, 3.8) is 0 Å². The zero-order valence-electron chi connectivity index (χ0n) is 5.92. The van der Waals surface area contributed by atoms with Crippen LogP contribution >= 0.6 is 0 Å². The fraction of sp³-hybridized carbons (Fsp3) is 0.250. The van der Waals surface area contributed by atoms with E-state index in [4.69, 9.17) is 4.74 Å². The minimum atomic E-state index is 0.896. The Morgan fingerprint density at radius 3 is 2.56 bits per heavy atom. The Morgan fingerprint density at radius 2 is 2.11 bits per heavy atom. The van der Waals surface area contributed by atoms with Crippen LogP contribution in [0, 0.1) is 0 Å². The smallest absolute Gasteiger partial charge is 0.0924 e. The van der Waals surface area contributed by atoms with Gasteiger partial charge in [0.05, 0.1) is 12.9 Å². The van der Waals surface area contributed by atoms with Gasteiger partial charge in [0.25, 0.3) is 0 Å². The van der Waals surface area contributed by atoms with Gasteiger partial charge in [-0.15, -0.1) is 0 Å². The molecule has 50 valence electrons. The molecule has 0 aromatic rings. The average molecular weight is 124 g/mol. The Kier molecular flexibility index (Phi) is 4.60. The number of ether oxygens (including phenoxy) is 1. The van der Waals surface area contributed by atoms with Crippen LogP contribution in [0.25, 0.3) is 0 Å². The summed E-state index contributed by atoms with van der Waals surface area (Å²) in [5, 5.41) is 0. The molecule has 9 heavy (non-hydrogen) atoms. The SMILES string of the molecule is C=C/C=C\C=C(/C)OC. The van der Waals surface area contributed by atoms with E-state index in [1.807, 2.05) is 25.2 Å². The first-order valence-electron chi connectivity index (χ1n) is 2.81. The van der Waals surface area contributed by atoms with Crippen molar-refractivity contribution in [2.75, 3.05) is 7.11 Å². The highest BCUT2D eigenvalue weighted by Gasteiger charge is 1.75.